The van der Waals surface area contributed by atoms with E-state index < -0.39 is 0 Å². The normalized spacial score (nSPS) is 14.2. The summed E-state index contributed by atoms with van der Waals surface area (Å²) in [6, 6.07) is -0.00119. The van der Waals surface area contributed by atoms with E-state index in [9.17, 15) is 0 Å². The van der Waals surface area contributed by atoms with Crippen LogP contribution in [0.5, 0.6) is 0 Å². The molecule has 0 fully saturated rings. The highest BCUT2D eigenvalue weighted by molar-refractivity contribution is 5.40. The van der Waals surface area contributed by atoms with Gasteiger partial charge in [0.2, 0.25) is 5.89 Å². The summed E-state index contributed by atoms with van der Waals surface area (Å²) >= 11 is 0. The Morgan fingerprint density at radius 1 is 1.14 bits per heavy atom. The molecule has 2 heterocycles. The molecule has 2 aromatic rings. The Balaban J connectivity index is 2.09. The number of oxazole rings is 1. The van der Waals surface area contributed by atoms with E-state index in [-0.39, 0.29) is 17.0 Å². The summed E-state index contributed by atoms with van der Waals surface area (Å²) in [4.78, 5) is 4.38. The van der Waals surface area contributed by atoms with Gasteiger partial charge in [-0.2, -0.15) is 5.10 Å². The van der Waals surface area contributed by atoms with Gasteiger partial charge in [0, 0.05) is 11.6 Å². The third-order valence-electron chi connectivity index (χ3n) is 3.29. The Morgan fingerprint density at radius 2 is 1.81 bits per heavy atom. The predicted octanol–water partition coefficient (Wildman–Crippen LogP) is 4.10. The second-order valence-electron chi connectivity index (χ2n) is 7.52. The molecule has 0 saturated heterocycles. The lowest BCUT2D eigenvalue weighted by atomic mass is 9.94. The van der Waals surface area contributed by atoms with Crippen LogP contribution >= 0.6 is 0 Å². The fourth-order valence-electron chi connectivity index (χ4n) is 1.91. The van der Waals surface area contributed by atoms with Crippen LogP contribution < -0.4 is 5.32 Å². The van der Waals surface area contributed by atoms with E-state index in [2.05, 4.69) is 56.9 Å². The van der Waals surface area contributed by atoms with E-state index >= 15 is 0 Å². The molecule has 21 heavy (non-hydrogen) atoms. The number of hydrogen-bond acceptors (Lipinski definition) is 4. The van der Waals surface area contributed by atoms with Crippen molar-refractivity contribution in [2.45, 2.75) is 65.5 Å². The molecule has 1 atom stereocenters. The van der Waals surface area contributed by atoms with E-state index in [1.165, 1.54) is 0 Å². The molecule has 0 bridgehead atoms. The van der Waals surface area contributed by atoms with E-state index in [1.807, 2.05) is 30.2 Å². The van der Waals surface area contributed by atoms with Gasteiger partial charge in [-0.3, -0.25) is 4.68 Å². The minimum absolute atomic E-state index is 0.00119. The fourth-order valence-corrected chi connectivity index (χ4v) is 1.91. The molecule has 0 saturated carbocycles. The van der Waals surface area contributed by atoms with Gasteiger partial charge in [0.1, 0.15) is 11.8 Å². The topological polar surface area (TPSA) is 55.9 Å². The zero-order valence-corrected chi connectivity index (χ0v) is 14.1. The van der Waals surface area contributed by atoms with Crippen molar-refractivity contribution in [3.63, 3.8) is 0 Å². The Labute approximate surface area is 126 Å². The highest BCUT2D eigenvalue weighted by atomic mass is 16.4. The van der Waals surface area contributed by atoms with Crippen molar-refractivity contribution in [2.24, 2.45) is 0 Å². The standard InChI is InChI=1S/C16H26N4O/c1-11(14-17-9-13(21-14)15(2,3)4)19-12-8-18-20(10-12)16(5,6)7/h8-11,19H,1-7H3. The Morgan fingerprint density at radius 3 is 2.29 bits per heavy atom. The number of nitrogens with one attached hydrogen (secondary N) is 1. The third kappa shape index (κ3) is 3.65. The minimum atomic E-state index is -0.0257. The molecule has 116 valence electrons. The maximum Gasteiger partial charge on any atom is 0.216 e. The van der Waals surface area contributed by atoms with Crippen LogP contribution in [0.15, 0.2) is 23.0 Å². The van der Waals surface area contributed by atoms with Gasteiger partial charge in [0.25, 0.3) is 0 Å². The first kappa shape index (κ1) is 15.6. The lowest BCUT2D eigenvalue weighted by molar-refractivity contribution is 0.355. The van der Waals surface area contributed by atoms with Crippen LogP contribution in [0.25, 0.3) is 0 Å². The quantitative estimate of drug-likeness (QED) is 0.924. The SMILES string of the molecule is CC(Nc1cnn(C(C)(C)C)c1)c1ncc(C(C)(C)C)o1. The smallest absolute Gasteiger partial charge is 0.216 e. The summed E-state index contributed by atoms with van der Waals surface area (Å²) in [7, 11) is 0. The molecule has 0 amide bonds. The number of rotatable bonds is 3. The summed E-state index contributed by atoms with van der Waals surface area (Å²) in [5.41, 5.74) is 0.918. The number of aromatic nitrogens is 3. The van der Waals surface area contributed by atoms with Crippen LogP contribution in [-0.4, -0.2) is 14.8 Å². The summed E-state index contributed by atoms with van der Waals surface area (Å²) < 4.78 is 7.80. The molecule has 0 spiro atoms. The van der Waals surface area contributed by atoms with Gasteiger partial charge in [-0.15, -0.1) is 0 Å². The first-order chi connectivity index (χ1) is 9.57. The van der Waals surface area contributed by atoms with Gasteiger partial charge in [0.05, 0.1) is 23.6 Å². The molecular weight excluding hydrogens is 264 g/mol. The zero-order chi connectivity index (χ0) is 15.8. The second kappa shape index (κ2) is 5.20. The van der Waals surface area contributed by atoms with E-state index in [1.54, 1.807) is 0 Å². The van der Waals surface area contributed by atoms with Crippen LogP contribution in [-0.2, 0) is 11.0 Å². The predicted molar refractivity (Wildman–Crippen MR) is 84.5 cm³/mol. The van der Waals surface area contributed by atoms with Crippen molar-refractivity contribution in [3.8, 4) is 0 Å². The van der Waals surface area contributed by atoms with Gasteiger partial charge in [-0.05, 0) is 27.7 Å². The molecule has 5 nitrogen and oxygen atoms in total. The van der Waals surface area contributed by atoms with Gasteiger partial charge in [-0.1, -0.05) is 20.8 Å². The largest absolute Gasteiger partial charge is 0.443 e. The average Bonchev–Trinajstić information content (AvgIpc) is 2.94. The molecule has 0 aliphatic rings. The number of anilines is 1. The van der Waals surface area contributed by atoms with Crippen molar-refractivity contribution >= 4 is 5.69 Å². The van der Waals surface area contributed by atoms with Crippen LogP contribution in [0.1, 0.15) is 66.2 Å². The van der Waals surface area contributed by atoms with Crippen molar-refractivity contribution in [2.75, 3.05) is 5.32 Å². The Bertz CT molecular complexity index is 598. The van der Waals surface area contributed by atoms with Gasteiger partial charge in [0.15, 0.2) is 0 Å². The van der Waals surface area contributed by atoms with Crippen molar-refractivity contribution in [3.05, 3.63) is 30.2 Å². The number of nitrogens with zero attached hydrogens (tertiary/aromatic N) is 3. The fraction of sp³-hybridized carbons (Fsp3) is 0.625. The van der Waals surface area contributed by atoms with Crippen molar-refractivity contribution in [1.82, 2.24) is 14.8 Å². The van der Waals surface area contributed by atoms with Gasteiger partial charge in [-0.25, -0.2) is 4.98 Å². The van der Waals surface area contributed by atoms with Crippen LogP contribution in [0, 0.1) is 0 Å². The zero-order valence-electron chi connectivity index (χ0n) is 14.1. The Kier molecular flexibility index (Phi) is 3.87. The molecule has 2 aromatic heterocycles. The molecule has 5 heteroatoms. The van der Waals surface area contributed by atoms with Gasteiger partial charge >= 0.3 is 0 Å². The van der Waals surface area contributed by atoms with Crippen LogP contribution in [0.4, 0.5) is 5.69 Å². The molecule has 1 N–H and O–H groups in total. The molecule has 2 rings (SSSR count). The van der Waals surface area contributed by atoms with Crippen LogP contribution in [0.2, 0.25) is 0 Å². The maximum absolute atomic E-state index is 5.86. The molecule has 0 aliphatic carbocycles. The average molecular weight is 290 g/mol. The highest BCUT2D eigenvalue weighted by Gasteiger charge is 2.22. The molecule has 0 aliphatic heterocycles. The van der Waals surface area contributed by atoms with Crippen molar-refractivity contribution in [1.29, 1.82) is 0 Å². The van der Waals surface area contributed by atoms with Crippen LogP contribution in [0.3, 0.4) is 0 Å². The maximum atomic E-state index is 5.86. The summed E-state index contributed by atoms with van der Waals surface area (Å²) in [5, 5.41) is 7.76. The van der Waals surface area contributed by atoms with E-state index in [4.69, 9.17) is 4.42 Å². The summed E-state index contributed by atoms with van der Waals surface area (Å²) in [6.45, 7) is 14.7. The molecule has 0 aromatic carbocycles. The van der Waals surface area contributed by atoms with Crippen molar-refractivity contribution < 1.29 is 4.42 Å². The van der Waals surface area contributed by atoms with E-state index in [0.29, 0.717) is 5.89 Å². The molecular formula is C16H26N4O. The second-order valence-corrected chi connectivity index (χ2v) is 7.52. The lowest BCUT2D eigenvalue weighted by Gasteiger charge is -2.18. The van der Waals surface area contributed by atoms with E-state index in [0.717, 1.165) is 11.4 Å². The third-order valence-corrected chi connectivity index (χ3v) is 3.29. The first-order valence-electron chi connectivity index (χ1n) is 7.35. The minimum Gasteiger partial charge on any atom is -0.443 e. The lowest BCUT2D eigenvalue weighted by Crippen LogP contribution is -2.21. The Hall–Kier alpha value is -1.78. The molecule has 0 radical (unpaired) electrons. The summed E-state index contributed by atoms with van der Waals surface area (Å²) in [5.74, 6) is 1.60. The first-order valence-corrected chi connectivity index (χ1v) is 7.35. The molecule has 1 unspecified atom stereocenters. The highest BCUT2D eigenvalue weighted by Crippen LogP contribution is 2.26. The van der Waals surface area contributed by atoms with Gasteiger partial charge < -0.3 is 9.73 Å². The monoisotopic (exact) mass is 290 g/mol. The number of hydrogen-bond donors (Lipinski definition) is 1. The summed E-state index contributed by atoms with van der Waals surface area (Å²) in [6.07, 6.45) is 5.64.